The highest BCUT2D eigenvalue weighted by molar-refractivity contribution is 8.76. The summed E-state index contributed by atoms with van der Waals surface area (Å²) in [5.41, 5.74) is 6.80. The molecule has 0 saturated carbocycles. The number of carbonyl (C=O) groups excluding carboxylic acids is 2. The van der Waals surface area contributed by atoms with Crippen LogP contribution in [-0.2, 0) is 16.1 Å². The molecule has 0 aliphatic carbocycles. The number of para-hydroxylation sites is 2. The zero-order valence-corrected chi connectivity index (χ0v) is 37.9. The zero-order chi connectivity index (χ0) is 46.1. The summed E-state index contributed by atoms with van der Waals surface area (Å²) in [6, 6.07) is 32.1. The number of nitrogens with one attached hydrogen (secondary N) is 2. The van der Waals surface area contributed by atoms with E-state index < -0.39 is 0 Å². The number of quaternary nitrogens is 1. The average Bonchev–Trinajstić information content (AvgIpc) is 3.33. The van der Waals surface area contributed by atoms with E-state index >= 15 is 0 Å². The van der Waals surface area contributed by atoms with Gasteiger partial charge in [-0.05, 0) is 72.8 Å². The number of allylic oxidation sites excluding steroid dienone is 2. The van der Waals surface area contributed by atoms with Crippen LogP contribution in [0.25, 0.3) is 16.6 Å². The third-order valence-corrected chi connectivity index (χ3v) is 12.2. The zero-order valence-electron chi connectivity index (χ0n) is 36.3. The van der Waals surface area contributed by atoms with Crippen molar-refractivity contribution < 1.29 is 39.9 Å². The molecule has 0 fully saturated rings. The number of fused-ring (bicyclic) bond motifs is 1. The van der Waals surface area contributed by atoms with Crippen LogP contribution in [0.4, 0.5) is 34.1 Å². The normalized spacial score (nSPS) is 11.7. The number of hydrogen-bond donors (Lipinski definition) is 7. The molecule has 0 saturated heterocycles. The minimum absolute atomic E-state index is 0.0126. The maximum atomic E-state index is 12.9. The van der Waals surface area contributed by atoms with E-state index in [1.54, 1.807) is 33.7 Å². The number of carbonyl (C=O) groups is 2. The van der Waals surface area contributed by atoms with Crippen LogP contribution >= 0.6 is 21.6 Å². The Morgan fingerprint density at radius 3 is 1.83 bits per heavy atom. The first-order chi connectivity index (χ1) is 31.9. The van der Waals surface area contributed by atoms with Gasteiger partial charge in [0.05, 0.1) is 54.4 Å². The van der Waals surface area contributed by atoms with Crippen molar-refractivity contribution >= 4 is 84.1 Å². The third kappa shape index (κ3) is 16.2. The SMILES string of the molecule is C=C/C=C(/N=Nc1ccc(N(CCO)CCO)cc1)c1ccccc1[NH2+]CC(=O)NCCSSCCNC(=O)C[n+]1ccc(N=Nc2ccc(N(CCO)CCO)cc2)c2ccccc21. The summed E-state index contributed by atoms with van der Waals surface area (Å²) in [7, 11) is 3.27. The maximum Gasteiger partial charge on any atom is 0.286 e. The summed E-state index contributed by atoms with van der Waals surface area (Å²) < 4.78 is 1.89. The van der Waals surface area contributed by atoms with Crippen LogP contribution in [0, 0.1) is 0 Å². The number of aliphatic hydroxyl groups excluding tert-OH is 4. The lowest BCUT2D eigenvalue weighted by Gasteiger charge is -2.22. The largest absolute Gasteiger partial charge is 0.395 e. The first-order valence-electron chi connectivity index (χ1n) is 21.3. The monoisotopic (exact) mass is 922 g/mol. The summed E-state index contributed by atoms with van der Waals surface area (Å²) in [5, 5.41) is 63.9. The van der Waals surface area contributed by atoms with E-state index in [-0.39, 0.29) is 51.3 Å². The number of rotatable bonds is 28. The first-order valence-corrected chi connectivity index (χ1v) is 23.8. The molecule has 1 heterocycles. The molecular formula is C47H58N10O6S2+2. The summed E-state index contributed by atoms with van der Waals surface area (Å²) in [4.78, 5) is 29.5. The number of aromatic nitrogens is 1. The lowest BCUT2D eigenvalue weighted by molar-refractivity contribution is -0.658. The molecule has 2 amide bonds. The van der Waals surface area contributed by atoms with Crippen LogP contribution in [0.3, 0.4) is 0 Å². The number of amides is 2. The van der Waals surface area contributed by atoms with E-state index in [1.807, 2.05) is 129 Å². The summed E-state index contributed by atoms with van der Waals surface area (Å²) in [6.07, 6.45) is 5.24. The van der Waals surface area contributed by atoms with E-state index in [9.17, 15) is 30.0 Å². The van der Waals surface area contributed by atoms with E-state index in [0.717, 1.165) is 33.5 Å². The number of aliphatic hydroxyl groups is 4. The fourth-order valence-electron chi connectivity index (χ4n) is 6.67. The van der Waals surface area contributed by atoms with Gasteiger partial charge in [0.15, 0.2) is 12.7 Å². The smallest absolute Gasteiger partial charge is 0.286 e. The second-order valence-corrected chi connectivity index (χ2v) is 17.0. The highest BCUT2D eigenvalue weighted by atomic mass is 33.1. The van der Waals surface area contributed by atoms with Gasteiger partial charge in [-0.15, -0.1) is 10.2 Å². The van der Waals surface area contributed by atoms with Crippen LogP contribution in [0.5, 0.6) is 0 Å². The Kier molecular flexibility index (Phi) is 21.6. The standard InChI is InChI=1S/C47H56N10O6S2/c1-2-7-43(53-51-36-12-16-38(17-13-36)55(24-28-58)25-29-59)40-8-3-5-10-42(40)50-34-46(62)48-21-32-64-65-33-22-49-47(63)35-57-23-20-44(41-9-4-6-11-45(41)57)54-52-37-14-18-39(19-15-37)56(26-30-60)27-31-61/h2-20,23,50,58-61H,1,21-22,24-35H2,(H-,48,49,62,63)/p+2/b43-7+,53-51?. The minimum Gasteiger partial charge on any atom is -0.395 e. The van der Waals surface area contributed by atoms with E-state index in [0.29, 0.717) is 73.5 Å². The van der Waals surface area contributed by atoms with Gasteiger partial charge >= 0.3 is 0 Å². The molecule has 0 bridgehead atoms. The van der Waals surface area contributed by atoms with Crippen molar-refractivity contribution in [2.75, 3.05) is 93.5 Å². The average molecular weight is 923 g/mol. The molecule has 0 unspecified atom stereocenters. The van der Waals surface area contributed by atoms with Crippen molar-refractivity contribution in [2.45, 2.75) is 6.54 Å². The second kappa shape index (κ2) is 28.0. The summed E-state index contributed by atoms with van der Waals surface area (Å²) in [6.45, 7) is 6.78. The topological polar surface area (TPSA) is 216 Å². The van der Waals surface area contributed by atoms with E-state index in [1.165, 1.54) is 0 Å². The first kappa shape index (κ1) is 50.0. The molecule has 65 heavy (non-hydrogen) atoms. The fraction of sp³-hybridized carbons (Fsp3) is 0.298. The van der Waals surface area contributed by atoms with Crippen molar-refractivity contribution in [1.82, 2.24) is 10.6 Å². The van der Waals surface area contributed by atoms with Crippen molar-refractivity contribution in [1.29, 1.82) is 0 Å². The molecular weight excluding hydrogens is 865 g/mol. The van der Waals surface area contributed by atoms with Crippen LogP contribution in [-0.4, -0.2) is 116 Å². The lowest BCUT2D eigenvalue weighted by atomic mass is 10.1. The number of nitrogens with zero attached hydrogens (tertiary/aromatic N) is 7. The van der Waals surface area contributed by atoms with Gasteiger partial charge < -0.3 is 46.2 Å². The molecule has 1 aromatic heterocycles. The lowest BCUT2D eigenvalue weighted by Crippen LogP contribution is -2.81. The number of pyridine rings is 1. The quantitative estimate of drug-likeness (QED) is 0.00896. The Labute approximate surface area is 387 Å². The molecule has 0 aliphatic heterocycles. The van der Waals surface area contributed by atoms with Crippen molar-refractivity contribution in [2.24, 2.45) is 20.5 Å². The number of hydrogen-bond acceptors (Lipinski definition) is 14. The predicted molar refractivity (Wildman–Crippen MR) is 260 cm³/mol. The van der Waals surface area contributed by atoms with Crippen molar-refractivity contribution in [3.8, 4) is 0 Å². The van der Waals surface area contributed by atoms with Gasteiger partial charge in [-0.25, -0.2) is 0 Å². The molecule has 5 aromatic rings. The molecule has 0 aliphatic rings. The number of benzene rings is 4. The number of azo groups is 2. The van der Waals surface area contributed by atoms with Gasteiger partial charge in [0.2, 0.25) is 12.1 Å². The molecule has 5 rings (SSSR count). The Morgan fingerprint density at radius 2 is 1.23 bits per heavy atom. The van der Waals surface area contributed by atoms with Gasteiger partial charge in [0, 0.05) is 74.3 Å². The molecule has 18 heteroatoms. The van der Waals surface area contributed by atoms with Crippen molar-refractivity contribution in [3.63, 3.8) is 0 Å². The van der Waals surface area contributed by atoms with Crippen molar-refractivity contribution in [3.05, 3.63) is 134 Å². The molecule has 0 atom stereocenters. The molecule has 16 nitrogen and oxygen atoms in total. The molecule has 342 valence electrons. The minimum atomic E-state index is -0.107. The van der Waals surface area contributed by atoms with Gasteiger partial charge in [-0.2, -0.15) is 14.8 Å². The van der Waals surface area contributed by atoms with Crippen LogP contribution in [0.1, 0.15) is 5.56 Å². The molecule has 0 spiro atoms. The highest BCUT2D eigenvalue weighted by Crippen LogP contribution is 2.28. The van der Waals surface area contributed by atoms with Crippen LogP contribution in [0.2, 0.25) is 0 Å². The van der Waals surface area contributed by atoms with Gasteiger partial charge in [-0.1, -0.05) is 58.5 Å². The van der Waals surface area contributed by atoms with E-state index in [4.69, 9.17) is 0 Å². The number of nitrogens with two attached hydrogens (primary N) is 1. The predicted octanol–water partition coefficient (Wildman–Crippen LogP) is 4.94. The molecule has 0 radical (unpaired) electrons. The fourth-order valence-corrected chi connectivity index (χ4v) is 8.48. The third-order valence-electron chi connectivity index (χ3n) is 9.79. The molecule has 8 N–H and O–H groups in total. The van der Waals surface area contributed by atoms with E-state index in [2.05, 4.69) is 37.7 Å². The van der Waals surface area contributed by atoms with Crippen LogP contribution < -0.4 is 30.3 Å². The van der Waals surface area contributed by atoms with Gasteiger partial charge in [0.25, 0.3) is 11.8 Å². The Hall–Kier alpha value is -5.99. The Morgan fingerprint density at radius 1 is 0.677 bits per heavy atom. The second-order valence-electron chi connectivity index (χ2n) is 14.3. The van der Waals surface area contributed by atoms with Gasteiger partial charge in [0.1, 0.15) is 11.4 Å². The highest BCUT2D eigenvalue weighted by Gasteiger charge is 2.17. The number of anilines is 2. The van der Waals surface area contributed by atoms with Gasteiger partial charge in [-0.3, -0.25) is 9.59 Å². The van der Waals surface area contributed by atoms with Crippen LogP contribution in [0.15, 0.2) is 149 Å². The Bertz CT molecular complexity index is 2350. The summed E-state index contributed by atoms with van der Waals surface area (Å²) >= 11 is 0. The maximum absolute atomic E-state index is 12.9. The Balaban J connectivity index is 1.01. The summed E-state index contributed by atoms with van der Waals surface area (Å²) in [5.74, 6) is 1.21. The molecule has 4 aromatic carbocycles.